The van der Waals surface area contributed by atoms with Crippen molar-refractivity contribution < 1.29 is 9.21 Å². The van der Waals surface area contributed by atoms with Crippen LogP contribution in [0.3, 0.4) is 0 Å². The highest BCUT2D eigenvalue weighted by Gasteiger charge is 2.22. The van der Waals surface area contributed by atoms with Crippen molar-refractivity contribution in [3.05, 3.63) is 17.8 Å². The summed E-state index contributed by atoms with van der Waals surface area (Å²) in [5.74, 6) is 1.08. The fourth-order valence-electron chi connectivity index (χ4n) is 1.12. The molecule has 4 heteroatoms. The predicted molar refractivity (Wildman–Crippen MR) is 46.3 cm³/mol. The molecule has 1 aromatic rings. The van der Waals surface area contributed by atoms with Crippen LogP contribution in [0, 0.1) is 12.8 Å². The number of nitrogens with zero attached hydrogens (tertiary/aromatic N) is 1. The lowest BCUT2D eigenvalue weighted by Crippen LogP contribution is -2.25. The molecule has 0 aromatic carbocycles. The van der Waals surface area contributed by atoms with E-state index in [1.807, 2.05) is 0 Å². The Morgan fingerprint density at radius 3 is 3.08 bits per heavy atom. The molecule has 4 nitrogen and oxygen atoms in total. The van der Waals surface area contributed by atoms with Crippen molar-refractivity contribution in [3.8, 4) is 0 Å². The van der Waals surface area contributed by atoms with Gasteiger partial charge >= 0.3 is 0 Å². The number of amides is 1. The molecule has 0 radical (unpaired) electrons. The van der Waals surface area contributed by atoms with Crippen molar-refractivity contribution >= 4 is 5.91 Å². The molecule has 2 rings (SSSR count). The molecule has 1 fully saturated rings. The average Bonchev–Trinajstić information content (AvgIpc) is 2.84. The number of carbonyl (C=O) groups is 1. The van der Waals surface area contributed by atoms with E-state index in [-0.39, 0.29) is 5.91 Å². The van der Waals surface area contributed by atoms with Gasteiger partial charge in [0.05, 0.1) is 0 Å². The van der Waals surface area contributed by atoms with Gasteiger partial charge in [0.1, 0.15) is 6.26 Å². The summed E-state index contributed by atoms with van der Waals surface area (Å²) < 4.78 is 4.94. The molecule has 1 amide bonds. The molecular formula is C9H12N2O2. The molecule has 0 saturated heterocycles. The van der Waals surface area contributed by atoms with E-state index in [0.29, 0.717) is 17.5 Å². The summed E-state index contributed by atoms with van der Waals surface area (Å²) in [7, 11) is 0. The number of nitrogens with one attached hydrogen (secondary N) is 1. The largest absolute Gasteiger partial charge is 0.448 e. The van der Waals surface area contributed by atoms with Crippen LogP contribution in [0.5, 0.6) is 0 Å². The molecule has 1 N–H and O–H groups in total. The second kappa shape index (κ2) is 3.20. The number of hydrogen-bond acceptors (Lipinski definition) is 3. The first kappa shape index (κ1) is 8.29. The van der Waals surface area contributed by atoms with Crippen LogP contribution >= 0.6 is 0 Å². The Kier molecular flexibility index (Phi) is 2.04. The second-order valence-corrected chi connectivity index (χ2v) is 3.41. The Bertz CT molecular complexity index is 315. The van der Waals surface area contributed by atoms with Gasteiger partial charge < -0.3 is 9.73 Å². The van der Waals surface area contributed by atoms with Crippen LogP contribution in [0.25, 0.3) is 0 Å². The van der Waals surface area contributed by atoms with E-state index in [2.05, 4.69) is 10.3 Å². The quantitative estimate of drug-likeness (QED) is 0.758. The molecule has 1 heterocycles. The third-order valence-electron chi connectivity index (χ3n) is 2.10. The van der Waals surface area contributed by atoms with Crippen LogP contribution in [0.4, 0.5) is 0 Å². The van der Waals surface area contributed by atoms with Crippen molar-refractivity contribution in [3.63, 3.8) is 0 Å². The van der Waals surface area contributed by atoms with E-state index < -0.39 is 0 Å². The fraction of sp³-hybridized carbons (Fsp3) is 0.556. The standard InChI is InChI=1S/C9H12N2O2/c1-6-11-8(5-13-6)9(12)10-4-7-2-3-7/h5,7H,2-4H2,1H3,(H,10,12). The van der Waals surface area contributed by atoms with Crippen molar-refractivity contribution in [1.29, 1.82) is 0 Å². The third kappa shape index (κ3) is 2.08. The van der Waals surface area contributed by atoms with E-state index in [1.165, 1.54) is 19.1 Å². The molecule has 1 aliphatic rings. The zero-order chi connectivity index (χ0) is 9.26. The minimum absolute atomic E-state index is 0.135. The van der Waals surface area contributed by atoms with Crippen LogP contribution in [-0.2, 0) is 0 Å². The zero-order valence-corrected chi connectivity index (χ0v) is 7.54. The normalized spacial score (nSPS) is 15.8. The maximum absolute atomic E-state index is 11.4. The van der Waals surface area contributed by atoms with Gasteiger partial charge in [0.15, 0.2) is 11.6 Å². The SMILES string of the molecule is Cc1nc(C(=O)NCC2CC2)co1. The van der Waals surface area contributed by atoms with Crippen molar-refractivity contribution in [2.75, 3.05) is 6.54 Å². The number of aromatic nitrogens is 1. The lowest BCUT2D eigenvalue weighted by Gasteiger charge is -1.98. The Morgan fingerprint density at radius 2 is 2.54 bits per heavy atom. The molecule has 1 saturated carbocycles. The van der Waals surface area contributed by atoms with E-state index in [1.54, 1.807) is 6.92 Å². The molecule has 0 aliphatic heterocycles. The Morgan fingerprint density at radius 1 is 1.77 bits per heavy atom. The molecular weight excluding hydrogens is 168 g/mol. The fourth-order valence-corrected chi connectivity index (χ4v) is 1.12. The van der Waals surface area contributed by atoms with Gasteiger partial charge in [0.2, 0.25) is 0 Å². The Balaban J connectivity index is 1.88. The highest BCUT2D eigenvalue weighted by Crippen LogP contribution is 2.27. The van der Waals surface area contributed by atoms with Crippen molar-refractivity contribution in [2.24, 2.45) is 5.92 Å². The molecule has 1 aromatic heterocycles. The smallest absolute Gasteiger partial charge is 0.273 e. The predicted octanol–water partition coefficient (Wildman–Crippen LogP) is 1.12. The maximum Gasteiger partial charge on any atom is 0.273 e. The van der Waals surface area contributed by atoms with Crippen molar-refractivity contribution in [1.82, 2.24) is 10.3 Å². The maximum atomic E-state index is 11.4. The highest BCUT2D eigenvalue weighted by molar-refractivity contribution is 5.91. The monoisotopic (exact) mass is 180 g/mol. The van der Waals surface area contributed by atoms with Gasteiger partial charge in [0, 0.05) is 13.5 Å². The van der Waals surface area contributed by atoms with Gasteiger partial charge in [0.25, 0.3) is 5.91 Å². The summed E-state index contributed by atoms with van der Waals surface area (Å²) in [5.41, 5.74) is 0.373. The number of aryl methyl sites for hydroxylation is 1. The van der Waals surface area contributed by atoms with E-state index >= 15 is 0 Å². The molecule has 0 bridgehead atoms. The summed E-state index contributed by atoms with van der Waals surface area (Å²) in [5, 5.41) is 2.81. The number of hydrogen-bond donors (Lipinski definition) is 1. The molecule has 13 heavy (non-hydrogen) atoms. The lowest BCUT2D eigenvalue weighted by molar-refractivity contribution is 0.0947. The summed E-state index contributed by atoms with van der Waals surface area (Å²) in [6, 6.07) is 0. The highest BCUT2D eigenvalue weighted by atomic mass is 16.3. The van der Waals surface area contributed by atoms with Crippen molar-refractivity contribution in [2.45, 2.75) is 19.8 Å². The topological polar surface area (TPSA) is 55.1 Å². The zero-order valence-electron chi connectivity index (χ0n) is 7.54. The summed E-state index contributed by atoms with van der Waals surface area (Å²) in [4.78, 5) is 15.3. The summed E-state index contributed by atoms with van der Waals surface area (Å²) in [6.07, 6.45) is 3.85. The van der Waals surface area contributed by atoms with Gasteiger partial charge in [-0.15, -0.1) is 0 Å². The Labute approximate surface area is 76.3 Å². The van der Waals surface area contributed by atoms with Crippen LogP contribution in [0.2, 0.25) is 0 Å². The minimum atomic E-state index is -0.135. The Hall–Kier alpha value is -1.32. The van der Waals surface area contributed by atoms with Crippen LogP contribution < -0.4 is 5.32 Å². The average molecular weight is 180 g/mol. The lowest BCUT2D eigenvalue weighted by atomic mass is 10.4. The number of oxazole rings is 1. The molecule has 0 atom stereocenters. The van der Waals surface area contributed by atoms with Gasteiger partial charge in [-0.25, -0.2) is 4.98 Å². The molecule has 0 unspecified atom stereocenters. The van der Waals surface area contributed by atoms with E-state index in [9.17, 15) is 4.79 Å². The van der Waals surface area contributed by atoms with E-state index in [4.69, 9.17) is 4.42 Å². The molecule has 1 aliphatic carbocycles. The van der Waals surface area contributed by atoms with Crippen LogP contribution in [0.1, 0.15) is 29.2 Å². The first-order chi connectivity index (χ1) is 6.25. The van der Waals surface area contributed by atoms with E-state index in [0.717, 1.165) is 6.54 Å². The second-order valence-electron chi connectivity index (χ2n) is 3.41. The number of carbonyl (C=O) groups excluding carboxylic acids is 1. The third-order valence-corrected chi connectivity index (χ3v) is 2.10. The minimum Gasteiger partial charge on any atom is -0.448 e. The van der Waals surface area contributed by atoms with Gasteiger partial charge in [-0.1, -0.05) is 0 Å². The van der Waals surface area contributed by atoms with Gasteiger partial charge in [-0.05, 0) is 18.8 Å². The van der Waals surface area contributed by atoms with Gasteiger partial charge in [-0.2, -0.15) is 0 Å². The van der Waals surface area contributed by atoms with Crippen LogP contribution in [-0.4, -0.2) is 17.4 Å². The summed E-state index contributed by atoms with van der Waals surface area (Å²) >= 11 is 0. The van der Waals surface area contributed by atoms with Crippen LogP contribution in [0.15, 0.2) is 10.7 Å². The number of rotatable bonds is 3. The first-order valence-corrected chi connectivity index (χ1v) is 4.46. The molecule has 70 valence electrons. The van der Waals surface area contributed by atoms with Gasteiger partial charge in [-0.3, -0.25) is 4.79 Å². The molecule has 0 spiro atoms. The summed E-state index contributed by atoms with van der Waals surface area (Å²) in [6.45, 7) is 2.49. The first-order valence-electron chi connectivity index (χ1n) is 4.46.